The average Bonchev–Trinajstić information content (AvgIpc) is 2.74. The molecule has 0 aliphatic heterocycles. The highest BCUT2D eigenvalue weighted by atomic mass is 16.4. The van der Waals surface area contributed by atoms with Crippen LogP contribution in [0.3, 0.4) is 0 Å². The van der Waals surface area contributed by atoms with Crippen molar-refractivity contribution in [2.75, 3.05) is 0 Å². The predicted octanol–water partition coefficient (Wildman–Crippen LogP) is 2.54. The largest absolute Gasteiger partial charge is 0.481 e. The molecule has 1 atom stereocenters. The van der Waals surface area contributed by atoms with Crippen LogP contribution in [0.2, 0.25) is 0 Å². The van der Waals surface area contributed by atoms with Gasteiger partial charge >= 0.3 is 5.97 Å². The van der Waals surface area contributed by atoms with Crippen LogP contribution in [0.1, 0.15) is 42.8 Å². The van der Waals surface area contributed by atoms with Gasteiger partial charge in [-0.25, -0.2) is 4.98 Å². The summed E-state index contributed by atoms with van der Waals surface area (Å²) in [4.78, 5) is 15.4. The van der Waals surface area contributed by atoms with E-state index in [2.05, 4.69) is 11.1 Å². The number of carbonyl (C=O) groups is 1. The molecule has 0 fully saturated rings. The molecule has 3 N–H and O–H groups in total. The van der Waals surface area contributed by atoms with Gasteiger partial charge in [-0.1, -0.05) is 6.92 Å². The van der Waals surface area contributed by atoms with Gasteiger partial charge in [-0.2, -0.15) is 0 Å². The molecule has 5 heteroatoms. The second kappa shape index (κ2) is 5.63. The smallest absolute Gasteiger partial charge is 0.305 e. The Bertz CT molecular complexity index is 646. The van der Waals surface area contributed by atoms with Crippen molar-refractivity contribution in [1.82, 2.24) is 9.55 Å². The topological polar surface area (TPSA) is 81.1 Å². The third-order valence-corrected chi connectivity index (χ3v) is 3.71. The Morgan fingerprint density at radius 2 is 2.05 bits per heavy atom. The van der Waals surface area contributed by atoms with Crippen LogP contribution in [0.15, 0.2) is 12.1 Å². The Labute approximate surface area is 118 Å². The van der Waals surface area contributed by atoms with E-state index in [9.17, 15) is 4.79 Å². The molecule has 0 radical (unpaired) electrons. The second-order valence-electron chi connectivity index (χ2n) is 5.21. The summed E-state index contributed by atoms with van der Waals surface area (Å²) in [7, 11) is 0. The van der Waals surface area contributed by atoms with Gasteiger partial charge in [0, 0.05) is 6.54 Å². The van der Waals surface area contributed by atoms with Crippen LogP contribution < -0.4 is 5.73 Å². The van der Waals surface area contributed by atoms with Crippen molar-refractivity contribution in [2.45, 2.75) is 46.2 Å². The van der Waals surface area contributed by atoms with Gasteiger partial charge in [-0.3, -0.25) is 4.79 Å². The molecule has 5 nitrogen and oxygen atoms in total. The highest BCUT2D eigenvalue weighted by molar-refractivity contribution is 5.78. The Balaban J connectivity index is 2.58. The summed E-state index contributed by atoms with van der Waals surface area (Å²) < 4.78 is 1.95. The molecular formula is C15H21N3O2. The minimum Gasteiger partial charge on any atom is -0.481 e. The van der Waals surface area contributed by atoms with E-state index in [1.54, 1.807) is 0 Å². The normalized spacial score (nSPS) is 12.8. The lowest BCUT2D eigenvalue weighted by Crippen LogP contribution is -2.17. The molecular weight excluding hydrogens is 254 g/mol. The molecule has 0 spiro atoms. The lowest BCUT2D eigenvalue weighted by Gasteiger charge is -2.12. The summed E-state index contributed by atoms with van der Waals surface area (Å²) >= 11 is 0. The van der Waals surface area contributed by atoms with Crippen LogP contribution in [0.25, 0.3) is 11.0 Å². The summed E-state index contributed by atoms with van der Waals surface area (Å²) in [6, 6.07) is 3.93. The second-order valence-corrected chi connectivity index (χ2v) is 5.21. The molecule has 1 heterocycles. The minimum atomic E-state index is -0.813. The number of carboxylic acids is 1. The molecule has 2 aromatic rings. The fourth-order valence-electron chi connectivity index (χ4n) is 2.31. The first-order chi connectivity index (χ1) is 9.43. The molecule has 0 saturated heterocycles. The third-order valence-electron chi connectivity index (χ3n) is 3.71. The van der Waals surface area contributed by atoms with E-state index < -0.39 is 5.97 Å². The van der Waals surface area contributed by atoms with E-state index in [1.165, 1.54) is 11.1 Å². The molecule has 1 aromatic heterocycles. The van der Waals surface area contributed by atoms with Gasteiger partial charge in [0.25, 0.3) is 0 Å². The molecule has 108 valence electrons. The van der Waals surface area contributed by atoms with E-state index in [-0.39, 0.29) is 12.5 Å². The van der Waals surface area contributed by atoms with Crippen molar-refractivity contribution in [3.8, 4) is 0 Å². The molecule has 1 unspecified atom stereocenters. The van der Waals surface area contributed by atoms with Crippen molar-refractivity contribution in [3.05, 3.63) is 29.1 Å². The maximum absolute atomic E-state index is 10.8. The molecule has 2 rings (SSSR count). The quantitative estimate of drug-likeness (QED) is 0.878. The first-order valence-electron chi connectivity index (χ1n) is 6.88. The Kier molecular flexibility index (Phi) is 4.09. The molecule has 1 aromatic carbocycles. The number of aromatic nitrogens is 2. The van der Waals surface area contributed by atoms with Gasteiger partial charge in [0.15, 0.2) is 0 Å². The van der Waals surface area contributed by atoms with E-state index in [0.29, 0.717) is 6.54 Å². The number of nitrogens with zero attached hydrogens (tertiary/aromatic N) is 2. The highest BCUT2D eigenvalue weighted by Gasteiger charge is 2.17. The summed E-state index contributed by atoms with van der Waals surface area (Å²) in [5, 5.41) is 8.90. The minimum absolute atomic E-state index is 0.0712. The Morgan fingerprint density at radius 1 is 1.40 bits per heavy atom. The van der Waals surface area contributed by atoms with Gasteiger partial charge in [0.05, 0.1) is 23.5 Å². The third kappa shape index (κ3) is 2.67. The number of imidazole rings is 1. The summed E-state index contributed by atoms with van der Waals surface area (Å²) in [5.74, 6) is -0.0412. The summed E-state index contributed by atoms with van der Waals surface area (Å²) in [5.41, 5.74) is 10.3. The standard InChI is InChI=1S/C15H21N3O2/c1-4-11(16)15-17-12-7-9(2)10(3)8-13(12)18(15)6-5-14(19)20/h7-8,11H,4-6,16H2,1-3H3,(H,19,20). The number of hydrogen-bond acceptors (Lipinski definition) is 3. The van der Waals surface area contributed by atoms with Crippen LogP contribution in [0, 0.1) is 13.8 Å². The maximum Gasteiger partial charge on any atom is 0.305 e. The van der Waals surface area contributed by atoms with Gasteiger partial charge < -0.3 is 15.4 Å². The van der Waals surface area contributed by atoms with E-state index >= 15 is 0 Å². The number of aliphatic carboxylic acids is 1. The van der Waals surface area contributed by atoms with Crippen LogP contribution >= 0.6 is 0 Å². The molecule has 0 aliphatic carbocycles. The number of rotatable bonds is 5. The zero-order valence-corrected chi connectivity index (χ0v) is 12.2. The molecule has 20 heavy (non-hydrogen) atoms. The molecule has 0 aliphatic rings. The number of hydrogen-bond donors (Lipinski definition) is 2. The lowest BCUT2D eigenvalue weighted by atomic mass is 10.1. The SMILES string of the molecule is CCC(N)c1nc2cc(C)c(C)cc2n1CCC(=O)O. The van der Waals surface area contributed by atoms with Gasteiger partial charge in [-0.05, 0) is 43.5 Å². The monoisotopic (exact) mass is 275 g/mol. The van der Waals surface area contributed by atoms with E-state index in [0.717, 1.165) is 23.3 Å². The Hall–Kier alpha value is -1.88. The molecule has 0 amide bonds. The van der Waals surface area contributed by atoms with Crippen molar-refractivity contribution in [3.63, 3.8) is 0 Å². The summed E-state index contributed by atoms with van der Waals surface area (Å²) in [6.07, 6.45) is 0.843. The predicted molar refractivity (Wildman–Crippen MR) is 78.7 cm³/mol. The van der Waals surface area contributed by atoms with Crippen molar-refractivity contribution in [1.29, 1.82) is 0 Å². The molecule has 0 saturated carbocycles. The first-order valence-corrected chi connectivity index (χ1v) is 6.88. The van der Waals surface area contributed by atoms with E-state index in [1.807, 2.05) is 31.4 Å². The number of benzene rings is 1. The van der Waals surface area contributed by atoms with Crippen LogP contribution in [0.5, 0.6) is 0 Å². The Morgan fingerprint density at radius 3 is 2.65 bits per heavy atom. The fraction of sp³-hybridized carbons (Fsp3) is 0.467. The lowest BCUT2D eigenvalue weighted by molar-refractivity contribution is -0.137. The van der Waals surface area contributed by atoms with Gasteiger partial charge in [0.2, 0.25) is 0 Å². The number of nitrogens with two attached hydrogens (primary N) is 1. The van der Waals surface area contributed by atoms with Crippen molar-refractivity contribution >= 4 is 17.0 Å². The number of aryl methyl sites for hydroxylation is 3. The zero-order chi connectivity index (χ0) is 14.9. The van der Waals surface area contributed by atoms with Crippen LogP contribution in [-0.2, 0) is 11.3 Å². The van der Waals surface area contributed by atoms with Gasteiger partial charge in [0.1, 0.15) is 5.82 Å². The average molecular weight is 275 g/mol. The van der Waals surface area contributed by atoms with E-state index in [4.69, 9.17) is 10.8 Å². The maximum atomic E-state index is 10.8. The highest BCUT2D eigenvalue weighted by Crippen LogP contribution is 2.24. The van der Waals surface area contributed by atoms with Crippen LogP contribution in [-0.4, -0.2) is 20.6 Å². The zero-order valence-electron chi connectivity index (χ0n) is 12.2. The number of carboxylic acid groups (broad SMARTS) is 1. The fourth-order valence-corrected chi connectivity index (χ4v) is 2.31. The molecule has 0 bridgehead atoms. The number of fused-ring (bicyclic) bond motifs is 1. The summed E-state index contributed by atoms with van der Waals surface area (Å²) in [6.45, 7) is 6.49. The van der Waals surface area contributed by atoms with Crippen molar-refractivity contribution in [2.24, 2.45) is 5.73 Å². The van der Waals surface area contributed by atoms with Gasteiger partial charge in [-0.15, -0.1) is 0 Å². The van der Waals surface area contributed by atoms with Crippen molar-refractivity contribution < 1.29 is 9.90 Å². The van der Waals surface area contributed by atoms with Crippen LogP contribution in [0.4, 0.5) is 0 Å². The first kappa shape index (κ1) is 14.5.